The van der Waals surface area contributed by atoms with Gasteiger partial charge in [-0.2, -0.15) is 0 Å². The molecule has 0 aromatic heterocycles. The van der Waals surface area contributed by atoms with Crippen molar-refractivity contribution < 1.29 is 9.47 Å². The van der Waals surface area contributed by atoms with Gasteiger partial charge >= 0.3 is 0 Å². The Morgan fingerprint density at radius 2 is 2.05 bits per heavy atom. The summed E-state index contributed by atoms with van der Waals surface area (Å²) in [7, 11) is 3.40. The van der Waals surface area contributed by atoms with Crippen LogP contribution in [0.25, 0.3) is 0 Å². The average Bonchev–Trinajstić information content (AvgIpc) is 2.50. The van der Waals surface area contributed by atoms with Crippen LogP contribution in [-0.4, -0.2) is 45.4 Å². The SMILES string of the molecule is COCC1CCN(C(CN)c2ccc(OC)c(Cl)c2)CC1. The van der Waals surface area contributed by atoms with E-state index in [1.54, 1.807) is 14.2 Å². The van der Waals surface area contributed by atoms with E-state index in [2.05, 4.69) is 11.0 Å². The predicted octanol–water partition coefficient (Wildman–Crippen LogP) is 2.71. The molecule has 5 heteroatoms. The molecular formula is C16H25ClN2O2. The van der Waals surface area contributed by atoms with Crippen LogP contribution in [0.5, 0.6) is 5.75 Å². The van der Waals surface area contributed by atoms with Crippen molar-refractivity contribution >= 4 is 11.6 Å². The fourth-order valence-corrected chi connectivity index (χ4v) is 3.32. The molecule has 0 radical (unpaired) electrons. The largest absolute Gasteiger partial charge is 0.495 e. The molecule has 1 aromatic rings. The number of nitrogens with two attached hydrogens (primary N) is 1. The summed E-state index contributed by atoms with van der Waals surface area (Å²) >= 11 is 6.23. The number of hydrogen-bond acceptors (Lipinski definition) is 4. The lowest BCUT2D eigenvalue weighted by Gasteiger charge is -2.37. The van der Waals surface area contributed by atoms with Gasteiger partial charge in [-0.1, -0.05) is 17.7 Å². The third-order valence-corrected chi connectivity index (χ3v) is 4.57. The van der Waals surface area contributed by atoms with E-state index in [1.807, 2.05) is 12.1 Å². The number of methoxy groups -OCH3 is 2. The second-order valence-corrected chi connectivity index (χ2v) is 5.99. The van der Waals surface area contributed by atoms with Gasteiger partial charge in [0.2, 0.25) is 0 Å². The molecule has 21 heavy (non-hydrogen) atoms. The maximum Gasteiger partial charge on any atom is 0.137 e. The van der Waals surface area contributed by atoms with E-state index in [9.17, 15) is 0 Å². The fraction of sp³-hybridized carbons (Fsp3) is 0.625. The van der Waals surface area contributed by atoms with Gasteiger partial charge in [-0.05, 0) is 49.5 Å². The first-order valence-corrected chi connectivity index (χ1v) is 7.83. The van der Waals surface area contributed by atoms with Gasteiger partial charge in [-0.15, -0.1) is 0 Å². The molecule has 118 valence electrons. The monoisotopic (exact) mass is 312 g/mol. The minimum Gasteiger partial charge on any atom is -0.495 e. The molecule has 0 spiro atoms. The summed E-state index contributed by atoms with van der Waals surface area (Å²) in [6, 6.07) is 6.16. The van der Waals surface area contributed by atoms with Gasteiger partial charge in [0.25, 0.3) is 0 Å². The zero-order valence-electron chi connectivity index (χ0n) is 12.8. The van der Waals surface area contributed by atoms with Crippen LogP contribution >= 0.6 is 11.6 Å². The van der Waals surface area contributed by atoms with Crippen LogP contribution < -0.4 is 10.5 Å². The Morgan fingerprint density at radius 1 is 1.33 bits per heavy atom. The van der Waals surface area contributed by atoms with E-state index >= 15 is 0 Å². The van der Waals surface area contributed by atoms with Crippen LogP contribution in [-0.2, 0) is 4.74 Å². The van der Waals surface area contributed by atoms with Crippen molar-refractivity contribution in [3.05, 3.63) is 28.8 Å². The van der Waals surface area contributed by atoms with E-state index in [0.717, 1.165) is 38.1 Å². The third-order valence-electron chi connectivity index (χ3n) is 4.28. The lowest BCUT2D eigenvalue weighted by Crippen LogP contribution is -2.40. The average molecular weight is 313 g/mol. The number of nitrogens with zero attached hydrogens (tertiary/aromatic N) is 1. The molecule has 2 N–H and O–H groups in total. The van der Waals surface area contributed by atoms with Crippen molar-refractivity contribution in [2.45, 2.75) is 18.9 Å². The number of halogens is 1. The molecule has 1 heterocycles. The van der Waals surface area contributed by atoms with Crippen molar-refractivity contribution in [2.75, 3.05) is 40.5 Å². The molecule has 1 saturated heterocycles. The van der Waals surface area contributed by atoms with Crippen LogP contribution in [0, 0.1) is 5.92 Å². The Labute approximate surface area is 132 Å². The minimum atomic E-state index is 0.219. The van der Waals surface area contributed by atoms with E-state index in [1.165, 1.54) is 0 Å². The van der Waals surface area contributed by atoms with Crippen LogP contribution in [0.2, 0.25) is 5.02 Å². The maximum atomic E-state index is 6.23. The molecule has 0 saturated carbocycles. The maximum absolute atomic E-state index is 6.23. The fourth-order valence-electron chi connectivity index (χ4n) is 3.05. The number of likely N-dealkylation sites (tertiary alicyclic amines) is 1. The standard InChI is InChI=1S/C16H25ClN2O2/c1-20-11-12-5-7-19(8-6-12)15(10-18)13-3-4-16(21-2)14(17)9-13/h3-4,9,12,15H,5-8,10-11,18H2,1-2H3. The van der Waals surface area contributed by atoms with Gasteiger partial charge in [-0.25, -0.2) is 0 Å². The van der Waals surface area contributed by atoms with Gasteiger partial charge < -0.3 is 15.2 Å². The van der Waals surface area contributed by atoms with Crippen LogP contribution in [0.4, 0.5) is 0 Å². The molecular weight excluding hydrogens is 288 g/mol. The molecule has 1 unspecified atom stereocenters. The molecule has 1 aliphatic heterocycles. The highest BCUT2D eigenvalue weighted by Crippen LogP contribution is 2.31. The highest BCUT2D eigenvalue weighted by molar-refractivity contribution is 6.32. The summed E-state index contributed by atoms with van der Waals surface area (Å²) in [5, 5.41) is 0.641. The number of benzene rings is 1. The zero-order chi connectivity index (χ0) is 15.2. The minimum absolute atomic E-state index is 0.219. The Hall–Kier alpha value is -0.810. The first-order chi connectivity index (χ1) is 10.2. The zero-order valence-corrected chi connectivity index (χ0v) is 13.6. The molecule has 1 aliphatic rings. The van der Waals surface area contributed by atoms with Crippen molar-refractivity contribution in [1.29, 1.82) is 0 Å². The van der Waals surface area contributed by atoms with Crippen molar-refractivity contribution in [2.24, 2.45) is 11.7 Å². The Balaban J connectivity index is 2.05. The van der Waals surface area contributed by atoms with Crippen LogP contribution in [0.3, 0.4) is 0 Å². The molecule has 4 nitrogen and oxygen atoms in total. The van der Waals surface area contributed by atoms with Crippen LogP contribution in [0.1, 0.15) is 24.4 Å². The molecule has 1 aromatic carbocycles. The smallest absolute Gasteiger partial charge is 0.137 e. The molecule has 0 bridgehead atoms. The van der Waals surface area contributed by atoms with Crippen molar-refractivity contribution in [1.82, 2.24) is 4.90 Å². The predicted molar refractivity (Wildman–Crippen MR) is 86.0 cm³/mol. The van der Waals surface area contributed by atoms with Gasteiger partial charge in [-0.3, -0.25) is 4.90 Å². The normalized spacial score (nSPS) is 18.7. The second kappa shape index (κ2) is 7.99. The summed E-state index contributed by atoms with van der Waals surface area (Å²) in [5.41, 5.74) is 7.17. The first kappa shape index (κ1) is 16.6. The third kappa shape index (κ3) is 4.10. The number of hydrogen-bond donors (Lipinski definition) is 1. The van der Waals surface area contributed by atoms with Gasteiger partial charge in [0, 0.05) is 26.3 Å². The quantitative estimate of drug-likeness (QED) is 0.877. The first-order valence-electron chi connectivity index (χ1n) is 7.46. The van der Waals surface area contributed by atoms with Gasteiger partial charge in [0.15, 0.2) is 0 Å². The lowest BCUT2D eigenvalue weighted by molar-refractivity contribution is 0.0810. The van der Waals surface area contributed by atoms with Gasteiger partial charge in [0.1, 0.15) is 5.75 Å². The number of ether oxygens (including phenoxy) is 2. The highest BCUT2D eigenvalue weighted by Gasteiger charge is 2.25. The van der Waals surface area contributed by atoms with Gasteiger partial charge in [0.05, 0.1) is 12.1 Å². The molecule has 2 rings (SSSR count). The van der Waals surface area contributed by atoms with E-state index in [4.69, 9.17) is 26.8 Å². The van der Waals surface area contributed by atoms with E-state index < -0.39 is 0 Å². The molecule has 1 atom stereocenters. The highest BCUT2D eigenvalue weighted by atomic mass is 35.5. The molecule has 1 fully saturated rings. The van der Waals surface area contributed by atoms with Crippen molar-refractivity contribution in [3.8, 4) is 5.75 Å². The summed E-state index contributed by atoms with van der Waals surface area (Å²) in [6.45, 7) is 3.56. The number of rotatable bonds is 6. The lowest BCUT2D eigenvalue weighted by atomic mass is 9.95. The summed E-state index contributed by atoms with van der Waals surface area (Å²) in [5.74, 6) is 1.37. The number of piperidine rings is 1. The van der Waals surface area contributed by atoms with E-state index in [0.29, 0.717) is 23.2 Å². The second-order valence-electron chi connectivity index (χ2n) is 5.58. The Kier molecular flexibility index (Phi) is 6.30. The van der Waals surface area contributed by atoms with Crippen molar-refractivity contribution in [3.63, 3.8) is 0 Å². The summed E-state index contributed by atoms with van der Waals surface area (Å²) in [4.78, 5) is 2.45. The van der Waals surface area contributed by atoms with Crippen LogP contribution in [0.15, 0.2) is 18.2 Å². The Morgan fingerprint density at radius 3 is 2.57 bits per heavy atom. The molecule has 0 aliphatic carbocycles. The summed E-state index contributed by atoms with van der Waals surface area (Å²) < 4.78 is 10.5. The van der Waals surface area contributed by atoms with E-state index in [-0.39, 0.29) is 6.04 Å². The topological polar surface area (TPSA) is 47.7 Å². The summed E-state index contributed by atoms with van der Waals surface area (Å²) in [6.07, 6.45) is 2.32. The molecule has 0 amide bonds. The Bertz CT molecular complexity index is 448.